The molecule has 3 atom stereocenters. The maximum atomic E-state index is 13.3. The monoisotopic (exact) mass is 738 g/mol. The molecule has 1 aliphatic carbocycles. The number of nitriles is 2. The van der Waals surface area contributed by atoms with Crippen molar-refractivity contribution in [1.82, 2.24) is 9.80 Å². The number of ether oxygens (including phenoxy) is 3. The van der Waals surface area contributed by atoms with Crippen molar-refractivity contribution in [3.05, 3.63) is 119 Å². The topological polar surface area (TPSA) is 116 Å². The molecule has 7 rings (SSSR count). The van der Waals surface area contributed by atoms with E-state index < -0.39 is 0 Å². The number of halogens is 1. The van der Waals surface area contributed by atoms with Gasteiger partial charge in [0.1, 0.15) is 29.5 Å². The third-order valence-corrected chi connectivity index (χ3v) is 10.8. The summed E-state index contributed by atoms with van der Waals surface area (Å²) in [7, 11) is 1.60. The van der Waals surface area contributed by atoms with Crippen LogP contribution >= 0.6 is 11.6 Å². The van der Waals surface area contributed by atoms with Crippen molar-refractivity contribution in [2.45, 2.75) is 43.9 Å². The van der Waals surface area contributed by atoms with E-state index in [2.05, 4.69) is 18.7 Å². The van der Waals surface area contributed by atoms with Crippen LogP contribution in [0.5, 0.6) is 17.2 Å². The van der Waals surface area contributed by atoms with Crippen LogP contribution in [0.3, 0.4) is 0 Å². The molecule has 0 spiro atoms. The number of hydrogen-bond donors (Lipinski definition) is 0. The Labute approximate surface area is 320 Å². The predicted molar refractivity (Wildman–Crippen MR) is 207 cm³/mol. The lowest BCUT2D eigenvalue weighted by molar-refractivity contribution is -0.128. The first kappa shape index (κ1) is 36.3. The van der Waals surface area contributed by atoms with Crippen LogP contribution in [0.1, 0.15) is 42.4 Å². The standard InChI is InChI=1S/C44H39ClN4O5/c1-3-43(50)49-27-33-21-34(49)24-42(33)54-37-19-30(26-47)17-32(23-37)39-20-28(8-10-41(39)52-2)9-11-44(51)48-14-12-35(13-15-48)53-36-18-29(25-46)16-31(22-36)38-6-4-5-7-40(38)45/h3-11,16-20,22-23,33-35,42H,1,12-15,21,24,27H2,2H3/b11-9+. The molecular formula is C44H39ClN4O5. The second kappa shape index (κ2) is 15.9. The Morgan fingerprint density at radius 3 is 2.17 bits per heavy atom. The fraction of sp³-hybridized carbons (Fsp3) is 0.273. The third-order valence-electron chi connectivity index (χ3n) is 10.5. The molecule has 2 amide bonds. The van der Waals surface area contributed by atoms with Crippen LogP contribution in [-0.2, 0) is 9.59 Å². The molecule has 3 fully saturated rings. The quantitative estimate of drug-likeness (QED) is 0.151. The molecule has 0 radical (unpaired) electrons. The molecule has 10 heteroatoms. The van der Waals surface area contributed by atoms with Crippen molar-refractivity contribution < 1.29 is 23.8 Å². The van der Waals surface area contributed by atoms with E-state index in [9.17, 15) is 20.1 Å². The number of benzene rings is 4. The highest BCUT2D eigenvalue weighted by atomic mass is 35.5. The molecule has 0 aromatic heterocycles. The smallest absolute Gasteiger partial charge is 0.246 e. The third kappa shape index (κ3) is 7.83. The first-order valence-electron chi connectivity index (χ1n) is 18.0. The van der Waals surface area contributed by atoms with Gasteiger partial charge in [0, 0.05) is 73.1 Å². The van der Waals surface area contributed by atoms with Crippen LogP contribution in [-0.4, -0.2) is 66.6 Å². The lowest BCUT2D eigenvalue weighted by Gasteiger charge is -2.31. The van der Waals surface area contributed by atoms with Gasteiger partial charge in [0.15, 0.2) is 0 Å². The summed E-state index contributed by atoms with van der Waals surface area (Å²) in [6.07, 6.45) is 7.51. The minimum Gasteiger partial charge on any atom is -0.496 e. The second-order valence-electron chi connectivity index (χ2n) is 13.9. The van der Waals surface area contributed by atoms with E-state index in [1.165, 1.54) is 6.08 Å². The summed E-state index contributed by atoms with van der Waals surface area (Å²) in [5.41, 5.74) is 4.91. The summed E-state index contributed by atoms with van der Waals surface area (Å²) in [6.45, 7) is 5.33. The molecule has 2 aliphatic heterocycles. The molecule has 0 N–H and O–H groups in total. The molecule has 4 aromatic rings. The molecule has 9 nitrogen and oxygen atoms in total. The molecule has 54 heavy (non-hydrogen) atoms. The molecule has 3 unspecified atom stereocenters. The van der Waals surface area contributed by atoms with Crippen LogP contribution in [0.15, 0.2) is 97.6 Å². The van der Waals surface area contributed by atoms with Crippen molar-refractivity contribution >= 4 is 29.5 Å². The van der Waals surface area contributed by atoms with Crippen molar-refractivity contribution in [3.63, 3.8) is 0 Å². The zero-order valence-electron chi connectivity index (χ0n) is 29.9. The van der Waals surface area contributed by atoms with Gasteiger partial charge in [-0.25, -0.2) is 0 Å². The Morgan fingerprint density at radius 1 is 0.852 bits per heavy atom. The van der Waals surface area contributed by atoms with Crippen molar-refractivity contribution in [3.8, 4) is 51.6 Å². The van der Waals surface area contributed by atoms with Gasteiger partial charge in [-0.2, -0.15) is 10.5 Å². The van der Waals surface area contributed by atoms with Gasteiger partial charge >= 0.3 is 0 Å². The lowest BCUT2D eigenvalue weighted by Crippen LogP contribution is -2.42. The van der Waals surface area contributed by atoms with Gasteiger partial charge in [-0.3, -0.25) is 9.59 Å². The zero-order valence-corrected chi connectivity index (χ0v) is 30.7. The zero-order chi connectivity index (χ0) is 37.8. The van der Waals surface area contributed by atoms with Gasteiger partial charge in [-0.05, 0) is 89.9 Å². The fourth-order valence-corrected chi connectivity index (χ4v) is 8.04. The average Bonchev–Trinajstić information content (AvgIpc) is 3.80. The molecule has 4 aromatic carbocycles. The molecule has 1 saturated carbocycles. The Bertz CT molecular complexity index is 2210. The Balaban J connectivity index is 0.999. The number of carbonyl (C=O) groups is 2. The predicted octanol–water partition coefficient (Wildman–Crippen LogP) is 8.06. The van der Waals surface area contributed by atoms with Crippen LogP contribution in [0.25, 0.3) is 28.3 Å². The van der Waals surface area contributed by atoms with Crippen molar-refractivity contribution in [1.29, 1.82) is 10.5 Å². The van der Waals surface area contributed by atoms with E-state index in [1.54, 1.807) is 43.5 Å². The summed E-state index contributed by atoms with van der Waals surface area (Å²) >= 11 is 6.43. The number of amides is 2. The SMILES string of the molecule is C=CC(=O)N1CC2CC1CC2Oc1cc(C#N)cc(-c2cc(/C=C/C(=O)N3CCC(Oc4cc(C#N)cc(-c5ccccc5Cl)c4)CC3)ccc2OC)c1. The van der Waals surface area contributed by atoms with Gasteiger partial charge in [0.2, 0.25) is 11.8 Å². The Kier molecular flexibility index (Phi) is 10.7. The van der Waals surface area contributed by atoms with Crippen molar-refractivity contribution in [2.24, 2.45) is 5.92 Å². The van der Waals surface area contributed by atoms with E-state index in [0.717, 1.165) is 40.7 Å². The summed E-state index contributed by atoms with van der Waals surface area (Å²) in [5, 5.41) is 20.1. The van der Waals surface area contributed by atoms with Crippen molar-refractivity contribution in [2.75, 3.05) is 26.7 Å². The summed E-state index contributed by atoms with van der Waals surface area (Å²) in [5.74, 6) is 1.90. The Hall–Kier alpha value is -6.03. The largest absolute Gasteiger partial charge is 0.496 e. The van der Waals surface area contributed by atoms with Crippen LogP contribution in [0, 0.1) is 28.6 Å². The molecule has 2 bridgehead atoms. The van der Waals surface area contributed by atoms with E-state index in [1.807, 2.05) is 64.4 Å². The number of carbonyl (C=O) groups excluding carboxylic acids is 2. The van der Waals surface area contributed by atoms with Gasteiger partial charge in [0.05, 0.1) is 30.4 Å². The molecule has 2 heterocycles. The molecule has 2 saturated heterocycles. The second-order valence-corrected chi connectivity index (χ2v) is 14.3. The summed E-state index contributed by atoms with van der Waals surface area (Å²) < 4.78 is 18.5. The first-order chi connectivity index (χ1) is 26.2. The van der Waals surface area contributed by atoms with Crippen LogP contribution in [0.4, 0.5) is 0 Å². The highest BCUT2D eigenvalue weighted by molar-refractivity contribution is 6.33. The summed E-state index contributed by atoms with van der Waals surface area (Å²) in [4.78, 5) is 29.2. The minimum atomic E-state index is -0.103. The Morgan fingerprint density at radius 2 is 1.54 bits per heavy atom. The highest BCUT2D eigenvalue weighted by Gasteiger charge is 2.47. The first-order valence-corrected chi connectivity index (χ1v) is 18.4. The number of piperidine rings is 2. The minimum absolute atomic E-state index is 0.0447. The summed E-state index contributed by atoms with van der Waals surface area (Å²) in [6, 6.07) is 28.7. The molecule has 272 valence electrons. The van der Waals surface area contributed by atoms with Crippen LogP contribution in [0.2, 0.25) is 5.02 Å². The van der Waals surface area contributed by atoms with Gasteiger partial charge in [0.25, 0.3) is 0 Å². The van der Waals surface area contributed by atoms with E-state index in [4.69, 9.17) is 25.8 Å². The van der Waals surface area contributed by atoms with Gasteiger partial charge < -0.3 is 24.0 Å². The maximum absolute atomic E-state index is 13.3. The number of rotatable bonds is 10. The van der Waals surface area contributed by atoms with E-state index in [-0.39, 0.29) is 36.0 Å². The lowest BCUT2D eigenvalue weighted by atomic mass is 9.99. The van der Waals surface area contributed by atoms with E-state index >= 15 is 0 Å². The number of hydrogen-bond acceptors (Lipinski definition) is 7. The number of likely N-dealkylation sites (tertiary alicyclic amines) is 2. The van der Waals surface area contributed by atoms with E-state index in [0.29, 0.717) is 65.9 Å². The number of nitrogens with zero attached hydrogens (tertiary/aromatic N) is 4. The number of methoxy groups -OCH3 is 1. The number of fused-ring (bicyclic) bond motifs is 2. The average molecular weight is 739 g/mol. The fourth-order valence-electron chi connectivity index (χ4n) is 7.80. The maximum Gasteiger partial charge on any atom is 0.246 e. The molecular weight excluding hydrogens is 700 g/mol. The normalized spacial score (nSPS) is 19.3. The van der Waals surface area contributed by atoms with Crippen LogP contribution < -0.4 is 14.2 Å². The highest BCUT2D eigenvalue weighted by Crippen LogP contribution is 2.41. The van der Waals surface area contributed by atoms with Gasteiger partial charge in [-0.15, -0.1) is 0 Å². The van der Waals surface area contributed by atoms with Gasteiger partial charge in [-0.1, -0.05) is 42.4 Å². The molecule has 3 aliphatic rings.